The molecule has 1 rings (SSSR count). The number of nitrogens with two attached hydrogens (primary N) is 1. The largest absolute Gasteiger partial charge is 0.393 e. The van der Waals surface area contributed by atoms with Gasteiger partial charge in [0, 0.05) is 20.0 Å². The minimum absolute atomic E-state index is 0.00191. The van der Waals surface area contributed by atoms with Crippen LogP contribution < -0.4 is 5.73 Å². The topological polar surface area (TPSA) is 55.6 Å². The summed E-state index contributed by atoms with van der Waals surface area (Å²) in [5, 5.41) is 0. The van der Waals surface area contributed by atoms with E-state index in [1.165, 1.54) is 32.1 Å². The maximum atomic E-state index is 11.7. The first-order valence-corrected chi connectivity index (χ1v) is 7.10. The highest BCUT2D eigenvalue weighted by Gasteiger charge is 2.15. The Bertz CT molecular complexity index is 278. The number of nitrogens with zero attached hydrogens (tertiary/aromatic N) is 1. The second-order valence-corrected chi connectivity index (χ2v) is 5.58. The molecule has 0 spiro atoms. The van der Waals surface area contributed by atoms with Crippen molar-refractivity contribution in [1.82, 2.24) is 4.90 Å². The molecule has 5 heteroatoms. The lowest BCUT2D eigenvalue weighted by Gasteiger charge is -2.22. The van der Waals surface area contributed by atoms with Crippen molar-refractivity contribution in [1.29, 1.82) is 0 Å². The molecule has 1 amide bonds. The van der Waals surface area contributed by atoms with Gasteiger partial charge in [0.25, 0.3) is 0 Å². The number of likely N-dealkylation sites (N-methyl/N-ethyl adjacent to an activating group) is 1. The fourth-order valence-corrected chi connectivity index (χ4v) is 2.27. The Kier molecular flexibility index (Phi) is 7.20. The van der Waals surface area contributed by atoms with Gasteiger partial charge in [-0.05, 0) is 18.8 Å². The zero-order valence-electron chi connectivity index (χ0n) is 11.2. The van der Waals surface area contributed by atoms with E-state index in [1.54, 1.807) is 11.9 Å². The van der Waals surface area contributed by atoms with Crippen LogP contribution in [-0.2, 0) is 9.53 Å². The quantitative estimate of drug-likeness (QED) is 0.717. The molecule has 18 heavy (non-hydrogen) atoms. The predicted octanol–water partition coefficient (Wildman–Crippen LogP) is 1.72. The van der Waals surface area contributed by atoms with E-state index in [4.69, 9.17) is 22.7 Å². The van der Waals surface area contributed by atoms with Crippen molar-refractivity contribution in [2.75, 3.05) is 26.8 Å². The van der Waals surface area contributed by atoms with Gasteiger partial charge in [-0.15, -0.1) is 0 Å². The van der Waals surface area contributed by atoms with Gasteiger partial charge in [0.05, 0.1) is 11.6 Å². The summed E-state index contributed by atoms with van der Waals surface area (Å²) in [5.41, 5.74) is 5.40. The Labute approximate surface area is 115 Å². The van der Waals surface area contributed by atoms with Crippen molar-refractivity contribution in [3.63, 3.8) is 0 Å². The van der Waals surface area contributed by atoms with Crippen molar-refractivity contribution in [3.05, 3.63) is 0 Å². The lowest BCUT2D eigenvalue weighted by atomic mass is 9.90. The smallest absolute Gasteiger partial charge is 0.248 e. The van der Waals surface area contributed by atoms with E-state index >= 15 is 0 Å². The van der Waals surface area contributed by atoms with Gasteiger partial charge < -0.3 is 15.4 Å². The van der Waals surface area contributed by atoms with Crippen LogP contribution in [0.2, 0.25) is 0 Å². The molecule has 2 N–H and O–H groups in total. The van der Waals surface area contributed by atoms with Crippen LogP contribution in [0.4, 0.5) is 0 Å². The zero-order chi connectivity index (χ0) is 13.4. The Morgan fingerprint density at radius 3 is 2.67 bits per heavy atom. The zero-order valence-corrected chi connectivity index (χ0v) is 12.0. The molecule has 0 aromatic carbocycles. The monoisotopic (exact) mass is 272 g/mol. The number of hydrogen-bond donors (Lipinski definition) is 1. The van der Waals surface area contributed by atoms with Gasteiger partial charge in [0.1, 0.15) is 6.61 Å². The first-order chi connectivity index (χ1) is 8.59. The van der Waals surface area contributed by atoms with Gasteiger partial charge >= 0.3 is 0 Å². The first kappa shape index (κ1) is 15.4. The molecule has 0 heterocycles. The van der Waals surface area contributed by atoms with Crippen LogP contribution in [0.1, 0.15) is 38.5 Å². The van der Waals surface area contributed by atoms with Gasteiger partial charge in [-0.3, -0.25) is 4.79 Å². The van der Waals surface area contributed by atoms with Crippen LogP contribution in [0.5, 0.6) is 0 Å². The van der Waals surface area contributed by atoms with Crippen molar-refractivity contribution in [2.45, 2.75) is 38.5 Å². The highest BCUT2D eigenvalue weighted by molar-refractivity contribution is 7.80. The summed E-state index contributed by atoms with van der Waals surface area (Å²) in [6.07, 6.45) is 7.00. The molecule has 1 saturated carbocycles. The fraction of sp³-hybridized carbons (Fsp3) is 0.846. The standard InChI is InChI=1S/C13H24N2O2S/c1-15(8-7-12(14)18)13(16)10-17-9-11-5-3-2-4-6-11/h11H,2-10H2,1H3,(H2,14,18). The lowest BCUT2D eigenvalue weighted by molar-refractivity contribution is -0.135. The van der Waals surface area contributed by atoms with E-state index in [0.29, 0.717) is 23.9 Å². The normalized spacial score (nSPS) is 16.5. The molecule has 4 nitrogen and oxygen atoms in total. The number of rotatable bonds is 7. The van der Waals surface area contributed by atoms with Crippen molar-refractivity contribution in [2.24, 2.45) is 11.7 Å². The lowest BCUT2D eigenvalue weighted by Crippen LogP contribution is -2.33. The van der Waals surface area contributed by atoms with E-state index in [-0.39, 0.29) is 12.5 Å². The van der Waals surface area contributed by atoms with E-state index in [9.17, 15) is 4.79 Å². The third-order valence-corrected chi connectivity index (χ3v) is 3.63. The fourth-order valence-electron chi connectivity index (χ4n) is 2.18. The number of carbonyl (C=O) groups is 1. The van der Waals surface area contributed by atoms with Gasteiger partial charge in [-0.25, -0.2) is 0 Å². The van der Waals surface area contributed by atoms with E-state index in [1.807, 2.05) is 0 Å². The van der Waals surface area contributed by atoms with E-state index < -0.39 is 0 Å². The summed E-state index contributed by atoms with van der Waals surface area (Å²) in [4.78, 5) is 13.8. The van der Waals surface area contributed by atoms with Gasteiger partial charge in [-0.2, -0.15) is 0 Å². The van der Waals surface area contributed by atoms with Crippen molar-refractivity contribution < 1.29 is 9.53 Å². The molecule has 0 atom stereocenters. The second kappa shape index (κ2) is 8.43. The summed E-state index contributed by atoms with van der Waals surface area (Å²) in [7, 11) is 1.75. The summed E-state index contributed by atoms with van der Waals surface area (Å²) in [6, 6.07) is 0. The number of hydrogen-bond acceptors (Lipinski definition) is 3. The van der Waals surface area contributed by atoms with E-state index in [0.717, 1.165) is 6.61 Å². The maximum absolute atomic E-state index is 11.7. The molecule has 0 aromatic heterocycles. The molecular weight excluding hydrogens is 248 g/mol. The van der Waals surface area contributed by atoms with Crippen LogP contribution in [-0.4, -0.2) is 42.6 Å². The molecule has 0 bridgehead atoms. The third kappa shape index (κ3) is 6.31. The van der Waals surface area contributed by atoms with Gasteiger partial charge in [-0.1, -0.05) is 31.5 Å². The Hall–Kier alpha value is -0.680. The molecule has 1 aliphatic rings. The first-order valence-electron chi connectivity index (χ1n) is 6.69. The van der Waals surface area contributed by atoms with Crippen LogP contribution in [0.3, 0.4) is 0 Å². The number of amides is 1. The molecule has 1 fully saturated rings. The van der Waals surface area contributed by atoms with Crippen molar-refractivity contribution >= 4 is 23.1 Å². The number of thiocarbonyl (C=S) groups is 1. The van der Waals surface area contributed by atoms with Crippen LogP contribution >= 0.6 is 12.2 Å². The van der Waals surface area contributed by atoms with Gasteiger partial charge in [0.2, 0.25) is 5.91 Å². The Balaban J connectivity index is 2.09. The molecule has 0 radical (unpaired) electrons. The van der Waals surface area contributed by atoms with Gasteiger partial charge in [0.15, 0.2) is 0 Å². The predicted molar refractivity (Wildman–Crippen MR) is 76.4 cm³/mol. The second-order valence-electron chi connectivity index (χ2n) is 5.05. The summed E-state index contributed by atoms with van der Waals surface area (Å²) < 4.78 is 5.51. The van der Waals surface area contributed by atoms with Crippen LogP contribution in [0, 0.1) is 5.92 Å². The highest BCUT2D eigenvalue weighted by atomic mass is 32.1. The van der Waals surface area contributed by atoms with Crippen LogP contribution in [0.15, 0.2) is 0 Å². The number of ether oxygens (including phenoxy) is 1. The Morgan fingerprint density at radius 1 is 1.39 bits per heavy atom. The molecule has 1 aliphatic carbocycles. The minimum Gasteiger partial charge on any atom is -0.393 e. The highest BCUT2D eigenvalue weighted by Crippen LogP contribution is 2.23. The molecule has 0 unspecified atom stereocenters. The third-order valence-electron chi connectivity index (χ3n) is 3.42. The molecule has 0 saturated heterocycles. The number of carbonyl (C=O) groups excluding carboxylic acids is 1. The SMILES string of the molecule is CN(CCC(N)=S)C(=O)COCC1CCCCC1. The average Bonchev–Trinajstić information content (AvgIpc) is 2.37. The molecular formula is C13H24N2O2S. The Morgan fingerprint density at radius 2 is 2.06 bits per heavy atom. The molecule has 104 valence electrons. The minimum atomic E-state index is 0.00191. The summed E-state index contributed by atoms with van der Waals surface area (Å²) in [6.45, 7) is 1.46. The summed E-state index contributed by atoms with van der Waals surface area (Å²) in [5.74, 6) is 0.649. The van der Waals surface area contributed by atoms with Crippen LogP contribution in [0.25, 0.3) is 0 Å². The van der Waals surface area contributed by atoms with E-state index in [2.05, 4.69) is 0 Å². The summed E-state index contributed by atoms with van der Waals surface area (Å²) >= 11 is 4.78. The molecule has 0 aliphatic heterocycles. The maximum Gasteiger partial charge on any atom is 0.248 e. The average molecular weight is 272 g/mol. The van der Waals surface area contributed by atoms with Crippen molar-refractivity contribution in [3.8, 4) is 0 Å². The molecule has 0 aromatic rings.